The number of nitrogens with zero attached hydrogens (tertiary/aromatic N) is 3. The summed E-state index contributed by atoms with van der Waals surface area (Å²) in [7, 11) is 1.48. The van der Waals surface area contributed by atoms with E-state index in [0.717, 1.165) is 25.3 Å². The average molecular weight is 539 g/mol. The summed E-state index contributed by atoms with van der Waals surface area (Å²) >= 11 is 6.11. The molecule has 1 aliphatic carbocycles. The number of benzene rings is 1. The van der Waals surface area contributed by atoms with Crippen molar-refractivity contribution in [3.8, 4) is 0 Å². The van der Waals surface area contributed by atoms with Crippen molar-refractivity contribution in [3.05, 3.63) is 57.6 Å². The molecule has 3 heterocycles. The maximum atomic E-state index is 14.6. The number of piperidine rings is 1. The standard InChI is InChI=1S/C26H27ClF4N4O2/c1-24(6-3-7-24)21-16(4-5-20(32-21)26(29,30)31)22-33-23(36)25(34-22)8-10-35(11-9-25)19-13-15(27)12-18(28)17(19)14-37-2/h4-5,12-13H,3,6-11,14H2,1-2H3,(H,33,34,36). The molecule has 1 spiro atoms. The first-order valence-electron chi connectivity index (χ1n) is 12.2. The number of nitrogens with one attached hydrogen (secondary N) is 1. The van der Waals surface area contributed by atoms with Crippen LogP contribution < -0.4 is 10.2 Å². The monoisotopic (exact) mass is 538 g/mol. The highest BCUT2D eigenvalue weighted by Crippen LogP contribution is 2.45. The van der Waals surface area contributed by atoms with Crippen LogP contribution in [0.3, 0.4) is 0 Å². The Bertz CT molecular complexity index is 1270. The summed E-state index contributed by atoms with van der Waals surface area (Å²) in [6.07, 6.45) is -1.52. The Labute approximate surface area is 217 Å². The smallest absolute Gasteiger partial charge is 0.380 e. The molecule has 1 saturated heterocycles. The summed E-state index contributed by atoms with van der Waals surface area (Å²) in [6, 6.07) is 5.23. The molecule has 2 aromatic rings. The Morgan fingerprint density at radius 3 is 2.46 bits per heavy atom. The maximum absolute atomic E-state index is 14.6. The number of methoxy groups -OCH3 is 1. The van der Waals surface area contributed by atoms with Crippen LogP contribution in [0, 0.1) is 5.82 Å². The summed E-state index contributed by atoms with van der Waals surface area (Å²) in [5, 5.41) is 3.09. The lowest BCUT2D eigenvalue weighted by atomic mass is 9.67. The molecule has 11 heteroatoms. The fraction of sp³-hybridized carbons (Fsp3) is 0.500. The van der Waals surface area contributed by atoms with E-state index in [4.69, 9.17) is 21.3 Å². The quantitative estimate of drug-likeness (QED) is 0.518. The number of carbonyl (C=O) groups is 1. The molecule has 1 aromatic carbocycles. The number of pyridine rings is 1. The Hall–Kier alpha value is -2.72. The van der Waals surface area contributed by atoms with Gasteiger partial charge in [-0.05, 0) is 49.9 Å². The SMILES string of the molecule is COCc1c(F)cc(Cl)cc1N1CCC2(CC1)N=C(c1ccc(C(F)(F)F)nc1C1(C)CCC1)NC2=O. The van der Waals surface area contributed by atoms with Crippen molar-refractivity contribution in [1.82, 2.24) is 10.3 Å². The minimum atomic E-state index is -4.57. The van der Waals surface area contributed by atoms with E-state index in [-0.39, 0.29) is 23.4 Å². The van der Waals surface area contributed by atoms with Crippen molar-refractivity contribution in [2.24, 2.45) is 4.99 Å². The summed E-state index contributed by atoms with van der Waals surface area (Å²) in [5.74, 6) is -0.492. The third-order valence-electron chi connectivity index (χ3n) is 7.81. The molecule has 5 rings (SSSR count). The van der Waals surface area contributed by atoms with Crippen LogP contribution in [0.25, 0.3) is 0 Å². The van der Waals surface area contributed by atoms with Gasteiger partial charge in [0.2, 0.25) is 0 Å². The predicted octanol–water partition coefficient (Wildman–Crippen LogP) is 5.40. The first-order valence-corrected chi connectivity index (χ1v) is 12.6. The molecule has 0 unspecified atom stereocenters. The number of hydrogen-bond donors (Lipinski definition) is 1. The van der Waals surface area contributed by atoms with Gasteiger partial charge in [-0.3, -0.25) is 9.79 Å². The molecule has 2 aliphatic heterocycles. The van der Waals surface area contributed by atoms with E-state index in [2.05, 4.69) is 10.3 Å². The molecule has 1 aromatic heterocycles. The number of anilines is 1. The number of carbonyl (C=O) groups excluding carboxylic acids is 1. The molecule has 0 radical (unpaired) electrons. The second kappa shape index (κ2) is 9.23. The zero-order valence-corrected chi connectivity index (χ0v) is 21.3. The lowest BCUT2D eigenvalue weighted by molar-refractivity contribution is -0.141. The first-order chi connectivity index (χ1) is 17.5. The molecule has 37 heavy (non-hydrogen) atoms. The van der Waals surface area contributed by atoms with E-state index in [1.807, 2.05) is 11.8 Å². The Balaban J connectivity index is 1.44. The van der Waals surface area contributed by atoms with Crippen LogP contribution in [0.2, 0.25) is 5.02 Å². The fourth-order valence-electron chi connectivity index (χ4n) is 5.47. The molecule has 0 atom stereocenters. The second-order valence-electron chi connectivity index (χ2n) is 10.3. The van der Waals surface area contributed by atoms with Crippen molar-refractivity contribution < 1.29 is 27.1 Å². The number of alkyl halides is 3. The van der Waals surface area contributed by atoms with Crippen LogP contribution in [-0.4, -0.2) is 42.5 Å². The van der Waals surface area contributed by atoms with E-state index < -0.39 is 28.6 Å². The number of rotatable bonds is 5. The minimum Gasteiger partial charge on any atom is -0.380 e. The third kappa shape index (κ3) is 4.58. The molecular weight excluding hydrogens is 512 g/mol. The van der Waals surface area contributed by atoms with Crippen LogP contribution >= 0.6 is 11.6 Å². The van der Waals surface area contributed by atoms with Gasteiger partial charge in [-0.25, -0.2) is 9.37 Å². The summed E-state index contributed by atoms with van der Waals surface area (Å²) in [4.78, 5) is 23.9. The molecule has 1 N–H and O–H groups in total. The van der Waals surface area contributed by atoms with E-state index in [0.29, 0.717) is 48.4 Å². The van der Waals surface area contributed by atoms with Gasteiger partial charge in [0, 0.05) is 47.5 Å². The first kappa shape index (κ1) is 25.9. The van der Waals surface area contributed by atoms with Gasteiger partial charge in [-0.1, -0.05) is 24.9 Å². The van der Waals surface area contributed by atoms with Gasteiger partial charge in [0.15, 0.2) is 0 Å². The van der Waals surface area contributed by atoms with Gasteiger partial charge in [-0.15, -0.1) is 0 Å². The van der Waals surface area contributed by atoms with Gasteiger partial charge >= 0.3 is 6.18 Å². The maximum Gasteiger partial charge on any atom is 0.433 e. The highest BCUT2D eigenvalue weighted by molar-refractivity contribution is 6.30. The number of ether oxygens (including phenoxy) is 1. The normalized spacial score (nSPS) is 20.6. The molecule has 2 fully saturated rings. The summed E-state index contributed by atoms with van der Waals surface area (Å²) < 4.78 is 60.0. The molecule has 1 saturated carbocycles. The molecule has 1 amide bonds. The zero-order valence-electron chi connectivity index (χ0n) is 20.5. The lowest BCUT2D eigenvalue weighted by Gasteiger charge is -2.39. The molecular formula is C26H27ClF4N4O2. The number of hydrogen-bond acceptors (Lipinski definition) is 5. The number of amidine groups is 1. The van der Waals surface area contributed by atoms with E-state index in [1.165, 1.54) is 19.2 Å². The van der Waals surface area contributed by atoms with Crippen molar-refractivity contribution in [2.45, 2.75) is 62.8 Å². The van der Waals surface area contributed by atoms with Crippen molar-refractivity contribution >= 4 is 29.0 Å². The molecule has 3 aliphatic rings. The van der Waals surface area contributed by atoms with E-state index in [9.17, 15) is 22.4 Å². The lowest BCUT2D eigenvalue weighted by Crippen LogP contribution is -2.49. The minimum absolute atomic E-state index is 0.0746. The van der Waals surface area contributed by atoms with Crippen LogP contribution in [0.15, 0.2) is 29.3 Å². The van der Waals surface area contributed by atoms with Crippen molar-refractivity contribution in [2.75, 3.05) is 25.1 Å². The predicted molar refractivity (Wildman–Crippen MR) is 131 cm³/mol. The van der Waals surface area contributed by atoms with E-state index >= 15 is 0 Å². The van der Waals surface area contributed by atoms with Crippen LogP contribution in [0.4, 0.5) is 23.2 Å². The van der Waals surface area contributed by atoms with Gasteiger partial charge in [0.1, 0.15) is 22.9 Å². The van der Waals surface area contributed by atoms with Gasteiger partial charge < -0.3 is 15.0 Å². The number of amides is 1. The molecule has 6 nitrogen and oxygen atoms in total. The Kier molecular flexibility index (Phi) is 6.47. The third-order valence-corrected chi connectivity index (χ3v) is 8.02. The highest BCUT2D eigenvalue weighted by atomic mass is 35.5. The van der Waals surface area contributed by atoms with E-state index in [1.54, 1.807) is 6.07 Å². The van der Waals surface area contributed by atoms with Gasteiger partial charge in [0.25, 0.3) is 5.91 Å². The van der Waals surface area contributed by atoms with Crippen LogP contribution in [0.1, 0.15) is 61.5 Å². The molecule has 198 valence electrons. The Morgan fingerprint density at radius 2 is 1.86 bits per heavy atom. The van der Waals surface area contributed by atoms with Crippen LogP contribution in [0.5, 0.6) is 0 Å². The highest BCUT2D eigenvalue weighted by Gasteiger charge is 2.48. The average Bonchev–Trinajstić information content (AvgIpc) is 3.14. The van der Waals surface area contributed by atoms with Crippen molar-refractivity contribution in [3.63, 3.8) is 0 Å². The Morgan fingerprint density at radius 1 is 1.16 bits per heavy atom. The fourth-order valence-corrected chi connectivity index (χ4v) is 5.67. The number of aliphatic imine (C=N–C) groups is 1. The second-order valence-corrected chi connectivity index (χ2v) is 10.7. The zero-order chi connectivity index (χ0) is 26.6. The topological polar surface area (TPSA) is 66.8 Å². The summed E-state index contributed by atoms with van der Waals surface area (Å²) in [5.41, 5.74) is -0.758. The number of aromatic nitrogens is 1. The van der Waals surface area contributed by atoms with Gasteiger partial charge in [0.05, 0.1) is 12.3 Å². The van der Waals surface area contributed by atoms with Gasteiger partial charge in [-0.2, -0.15) is 13.2 Å². The molecule has 0 bridgehead atoms. The van der Waals surface area contributed by atoms with Crippen LogP contribution in [-0.2, 0) is 27.7 Å². The van der Waals surface area contributed by atoms with Crippen molar-refractivity contribution in [1.29, 1.82) is 0 Å². The largest absolute Gasteiger partial charge is 0.433 e. The summed E-state index contributed by atoms with van der Waals surface area (Å²) in [6.45, 7) is 2.80. The number of halogens is 5.